The number of nitrogens with one attached hydrogen (secondary N) is 1. The molecule has 0 spiro atoms. The number of methoxy groups -OCH3 is 1. The highest BCUT2D eigenvalue weighted by atomic mass is 32.2. The van der Waals surface area contributed by atoms with E-state index < -0.39 is 35.7 Å². The predicted molar refractivity (Wildman–Crippen MR) is 114 cm³/mol. The topological polar surface area (TPSA) is 124 Å². The van der Waals surface area contributed by atoms with Crippen LogP contribution in [-0.4, -0.2) is 44.4 Å². The van der Waals surface area contributed by atoms with Gasteiger partial charge in [0.2, 0.25) is 19.9 Å². The minimum absolute atomic E-state index is 0.101. The Bertz CT molecular complexity index is 1220. The number of benzene rings is 2. The highest BCUT2D eigenvalue weighted by molar-refractivity contribution is 7.94. The lowest BCUT2D eigenvalue weighted by molar-refractivity contribution is 0.412. The molecule has 2 aromatic rings. The normalized spacial score (nSPS) is 13.7. The molecule has 8 nitrogen and oxygen atoms in total. The van der Waals surface area contributed by atoms with Crippen LogP contribution in [0.2, 0.25) is 0 Å². The van der Waals surface area contributed by atoms with Crippen molar-refractivity contribution < 1.29 is 30.0 Å². The number of sulfonamides is 1. The van der Waals surface area contributed by atoms with Gasteiger partial charge in [-0.25, -0.2) is 30.0 Å². The van der Waals surface area contributed by atoms with Crippen molar-refractivity contribution in [2.75, 3.05) is 19.1 Å². The molecular weight excluding hydrogens is 450 g/mol. The van der Waals surface area contributed by atoms with E-state index in [-0.39, 0.29) is 26.2 Å². The Morgan fingerprint density at radius 2 is 1.53 bits per heavy atom. The zero-order valence-electron chi connectivity index (χ0n) is 17.1. The van der Waals surface area contributed by atoms with Gasteiger partial charge in [-0.05, 0) is 43.2 Å². The molecule has 0 heterocycles. The molecule has 2 aromatic carbocycles. The Labute approximate surface area is 178 Å². The molecule has 0 unspecified atom stereocenters. The van der Waals surface area contributed by atoms with Crippen molar-refractivity contribution in [3.8, 4) is 5.75 Å². The van der Waals surface area contributed by atoms with Crippen LogP contribution in [0.1, 0.15) is 31.9 Å². The Balaban J connectivity index is 2.54. The Kier molecular flexibility index (Phi) is 7.33. The minimum Gasteiger partial charge on any atom is -0.497 e. The van der Waals surface area contributed by atoms with Crippen LogP contribution >= 0.6 is 0 Å². The maximum Gasteiger partial charge on any atom is 0.209 e. The van der Waals surface area contributed by atoms with Crippen LogP contribution in [0.15, 0.2) is 57.2 Å². The van der Waals surface area contributed by atoms with Gasteiger partial charge in [-0.1, -0.05) is 19.1 Å². The monoisotopic (exact) mass is 475 g/mol. The van der Waals surface area contributed by atoms with E-state index >= 15 is 0 Å². The summed E-state index contributed by atoms with van der Waals surface area (Å²) in [6.07, 6.45) is 1.36. The highest BCUT2D eigenvalue weighted by Crippen LogP contribution is 2.32. The fourth-order valence-corrected chi connectivity index (χ4v) is 7.15. The molecule has 11 heteroatoms. The number of ether oxygens (including phenoxy) is 1. The van der Waals surface area contributed by atoms with Gasteiger partial charge in [-0.15, -0.1) is 0 Å². The molecule has 0 aliphatic heterocycles. The predicted octanol–water partition coefficient (Wildman–Crippen LogP) is 2.32. The van der Waals surface area contributed by atoms with Gasteiger partial charge in [0, 0.05) is 12.1 Å². The van der Waals surface area contributed by atoms with Crippen molar-refractivity contribution in [1.29, 1.82) is 0 Å². The number of hydrogen-bond acceptors (Lipinski definition) is 7. The lowest BCUT2D eigenvalue weighted by Crippen LogP contribution is -2.25. The number of rotatable bonds is 9. The SMILES string of the molecule is CCCS(=O)(=O)c1cc(OC)ccc1S(=O)(=O)c1ccc([C@H](C)NS(C)(=O)=O)cc1. The van der Waals surface area contributed by atoms with Crippen LogP contribution in [0.5, 0.6) is 5.75 Å². The standard InChI is InChI=1S/C19H25NO7S3/c1-5-12-29(23,24)19-13-16(27-3)8-11-18(19)30(25,26)17-9-6-15(7-10-17)14(2)20-28(4,21)22/h6-11,13-14,20H,5,12H2,1-4H3/t14-/m0/s1. The van der Waals surface area contributed by atoms with Crippen molar-refractivity contribution in [1.82, 2.24) is 4.72 Å². The average Bonchev–Trinajstić information content (AvgIpc) is 2.66. The quantitative estimate of drug-likeness (QED) is 0.590. The molecule has 0 aromatic heterocycles. The summed E-state index contributed by atoms with van der Waals surface area (Å²) < 4.78 is 82.0. The summed E-state index contributed by atoms with van der Waals surface area (Å²) >= 11 is 0. The van der Waals surface area contributed by atoms with Crippen molar-refractivity contribution in [2.45, 2.75) is 41.0 Å². The van der Waals surface area contributed by atoms with Crippen LogP contribution in [0.3, 0.4) is 0 Å². The van der Waals surface area contributed by atoms with Gasteiger partial charge >= 0.3 is 0 Å². The third kappa shape index (κ3) is 5.60. The molecule has 0 amide bonds. The van der Waals surface area contributed by atoms with Crippen LogP contribution < -0.4 is 9.46 Å². The lowest BCUT2D eigenvalue weighted by atomic mass is 10.1. The largest absolute Gasteiger partial charge is 0.497 e. The van der Waals surface area contributed by atoms with E-state index in [2.05, 4.69) is 4.72 Å². The summed E-state index contributed by atoms with van der Waals surface area (Å²) in [4.78, 5) is -0.734. The molecule has 0 fully saturated rings. The Morgan fingerprint density at radius 3 is 2.03 bits per heavy atom. The van der Waals surface area contributed by atoms with Crippen LogP contribution in [0.25, 0.3) is 0 Å². The highest BCUT2D eigenvalue weighted by Gasteiger charge is 2.28. The van der Waals surface area contributed by atoms with Crippen molar-refractivity contribution in [3.63, 3.8) is 0 Å². The molecule has 166 valence electrons. The summed E-state index contributed by atoms with van der Waals surface area (Å²) in [5.41, 5.74) is 0.563. The Hall–Kier alpha value is -1.95. The van der Waals surface area contributed by atoms with Gasteiger partial charge in [0.15, 0.2) is 9.84 Å². The first-order valence-corrected chi connectivity index (χ1v) is 14.1. The summed E-state index contributed by atoms with van der Waals surface area (Å²) in [5.74, 6) is 0.0377. The van der Waals surface area contributed by atoms with E-state index in [9.17, 15) is 25.3 Å². The van der Waals surface area contributed by atoms with Crippen LogP contribution in [-0.2, 0) is 29.7 Å². The smallest absolute Gasteiger partial charge is 0.209 e. The van der Waals surface area contributed by atoms with E-state index in [1.165, 1.54) is 49.6 Å². The van der Waals surface area contributed by atoms with Gasteiger partial charge < -0.3 is 4.74 Å². The molecule has 0 saturated carbocycles. The maximum absolute atomic E-state index is 13.2. The summed E-state index contributed by atoms with van der Waals surface area (Å²) in [6, 6.07) is 8.89. The van der Waals surface area contributed by atoms with Gasteiger partial charge in [0.05, 0.1) is 33.8 Å². The zero-order valence-corrected chi connectivity index (χ0v) is 19.6. The van der Waals surface area contributed by atoms with E-state index in [0.29, 0.717) is 12.0 Å². The van der Waals surface area contributed by atoms with Gasteiger partial charge in [0.1, 0.15) is 5.75 Å². The number of sulfone groups is 2. The van der Waals surface area contributed by atoms with Crippen molar-refractivity contribution >= 4 is 29.7 Å². The third-order valence-electron chi connectivity index (χ3n) is 4.33. The first-order valence-electron chi connectivity index (χ1n) is 9.05. The van der Waals surface area contributed by atoms with Crippen molar-refractivity contribution in [2.24, 2.45) is 0 Å². The average molecular weight is 476 g/mol. The second-order valence-electron chi connectivity index (χ2n) is 6.82. The number of hydrogen-bond donors (Lipinski definition) is 1. The van der Waals surface area contributed by atoms with E-state index in [4.69, 9.17) is 4.74 Å². The molecule has 2 rings (SSSR count). The molecule has 0 aliphatic carbocycles. The molecule has 1 N–H and O–H groups in total. The Morgan fingerprint density at radius 1 is 0.933 bits per heavy atom. The summed E-state index contributed by atoms with van der Waals surface area (Å²) in [6.45, 7) is 3.32. The van der Waals surface area contributed by atoms with Gasteiger partial charge in [0.25, 0.3) is 0 Å². The fourth-order valence-electron chi connectivity index (χ4n) is 2.91. The molecule has 0 radical (unpaired) electrons. The van der Waals surface area contributed by atoms with Crippen LogP contribution in [0, 0.1) is 0 Å². The minimum atomic E-state index is -4.15. The zero-order chi connectivity index (χ0) is 22.7. The first-order chi connectivity index (χ1) is 13.8. The van der Waals surface area contributed by atoms with Gasteiger partial charge in [-0.2, -0.15) is 0 Å². The summed E-state index contributed by atoms with van der Waals surface area (Å²) in [5, 5.41) is 0. The second kappa shape index (κ2) is 9.04. The van der Waals surface area contributed by atoms with Crippen LogP contribution in [0.4, 0.5) is 0 Å². The molecule has 1 atom stereocenters. The summed E-state index contributed by atoms with van der Waals surface area (Å²) in [7, 11) is -10.1. The molecule has 0 aliphatic rings. The molecule has 0 bridgehead atoms. The van der Waals surface area contributed by atoms with Crippen molar-refractivity contribution in [3.05, 3.63) is 48.0 Å². The molecule has 0 saturated heterocycles. The van der Waals surface area contributed by atoms with E-state index in [1.807, 2.05) is 0 Å². The maximum atomic E-state index is 13.2. The molecule has 30 heavy (non-hydrogen) atoms. The fraction of sp³-hybridized carbons (Fsp3) is 0.368. The first kappa shape index (κ1) is 24.3. The lowest BCUT2D eigenvalue weighted by Gasteiger charge is -2.15. The third-order valence-corrected chi connectivity index (χ3v) is 9.02. The molecular formula is C19H25NO7S3. The van der Waals surface area contributed by atoms with E-state index in [0.717, 1.165) is 6.26 Å². The second-order valence-corrected chi connectivity index (χ2v) is 12.6. The van der Waals surface area contributed by atoms with E-state index in [1.54, 1.807) is 13.8 Å². The van der Waals surface area contributed by atoms with Gasteiger partial charge in [-0.3, -0.25) is 0 Å².